The highest BCUT2D eigenvalue weighted by Gasteiger charge is 2.35. The summed E-state index contributed by atoms with van der Waals surface area (Å²) in [6.07, 6.45) is -4.53. The van der Waals surface area contributed by atoms with Gasteiger partial charge in [-0.15, -0.1) is 0 Å². The molecule has 0 saturated carbocycles. The van der Waals surface area contributed by atoms with Crippen molar-refractivity contribution in [3.8, 4) is 17.0 Å². The number of hydrogen-bond donors (Lipinski definition) is 0. The molecule has 0 unspecified atom stereocenters. The van der Waals surface area contributed by atoms with Gasteiger partial charge in [-0.2, -0.15) is 18.3 Å². The lowest BCUT2D eigenvalue weighted by Gasteiger charge is -2.10. The number of nitrogens with zero attached hydrogens (tertiary/aromatic N) is 3. The van der Waals surface area contributed by atoms with Crippen LogP contribution in [-0.4, -0.2) is 28.7 Å². The number of rotatable bonds is 7. The highest BCUT2D eigenvalue weighted by atomic mass is 19.4. The van der Waals surface area contributed by atoms with Crippen LogP contribution in [0, 0.1) is 0 Å². The van der Waals surface area contributed by atoms with Crippen LogP contribution in [-0.2, 0) is 18.1 Å². The third-order valence-electron chi connectivity index (χ3n) is 4.11. The fraction of sp³-hybridized carbons (Fsp3) is 0.238. The zero-order valence-corrected chi connectivity index (χ0v) is 16.0. The lowest BCUT2D eigenvalue weighted by Crippen LogP contribution is -2.15. The Kier molecular flexibility index (Phi) is 6.21. The van der Waals surface area contributed by atoms with E-state index in [-0.39, 0.29) is 12.5 Å². The minimum absolute atomic E-state index is 0.0116. The molecule has 0 atom stereocenters. The van der Waals surface area contributed by atoms with Crippen LogP contribution in [0.3, 0.4) is 0 Å². The number of alkyl halides is 3. The average Bonchev–Trinajstić information content (AvgIpc) is 3.10. The van der Waals surface area contributed by atoms with Gasteiger partial charge in [-0.1, -0.05) is 59.8 Å². The van der Waals surface area contributed by atoms with Crippen LogP contribution in [0.4, 0.5) is 13.2 Å². The monoisotopic (exact) mass is 403 g/mol. The zero-order valence-electron chi connectivity index (χ0n) is 16.0. The van der Waals surface area contributed by atoms with Crippen LogP contribution in [0.25, 0.3) is 11.1 Å². The van der Waals surface area contributed by atoms with Gasteiger partial charge >= 0.3 is 6.18 Å². The average molecular weight is 403 g/mol. The second kappa shape index (κ2) is 8.81. The van der Waals surface area contributed by atoms with Crippen molar-refractivity contribution >= 4 is 5.71 Å². The van der Waals surface area contributed by atoms with Crippen molar-refractivity contribution in [3.05, 3.63) is 71.9 Å². The van der Waals surface area contributed by atoms with E-state index in [9.17, 15) is 13.2 Å². The molecule has 0 bridgehead atoms. The van der Waals surface area contributed by atoms with Gasteiger partial charge in [0.05, 0.1) is 0 Å². The first kappa shape index (κ1) is 20.4. The first-order valence-electron chi connectivity index (χ1n) is 8.97. The quantitative estimate of drug-likeness (QED) is 0.415. The smallest absolute Gasteiger partial charge is 0.435 e. The summed E-state index contributed by atoms with van der Waals surface area (Å²) in [6.45, 7) is 2.08. The Morgan fingerprint density at radius 1 is 1.03 bits per heavy atom. The Balaban J connectivity index is 1.78. The fourth-order valence-electron chi connectivity index (χ4n) is 2.66. The summed E-state index contributed by atoms with van der Waals surface area (Å²) in [5.74, 6) is -0.0116. The summed E-state index contributed by atoms with van der Waals surface area (Å²) < 4.78 is 45.0. The molecular weight excluding hydrogens is 383 g/mol. The molecule has 1 heterocycles. The highest BCUT2D eigenvalue weighted by Crippen LogP contribution is 2.30. The Labute approximate surface area is 166 Å². The predicted octanol–water partition coefficient (Wildman–Crippen LogP) is 4.93. The fourth-order valence-corrected chi connectivity index (χ4v) is 2.66. The number of aryl methyl sites for hydroxylation is 1. The molecule has 0 N–H and O–H groups in total. The summed E-state index contributed by atoms with van der Waals surface area (Å²) in [5, 5.41) is 7.49. The van der Waals surface area contributed by atoms with E-state index in [1.54, 1.807) is 6.92 Å². The molecule has 5 nitrogen and oxygen atoms in total. The Hall–Kier alpha value is -3.29. The Morgan fingerprint density at radius 2 is 1.69 bits per heavy atom. The normalized spacial score (nSPS) is 12.1. The molecule has 0 radical (unpaired) electrons. The van der Waals surface area contributed by atoms with Gasteiger partial charge < -0.3 is 9.57 Å². The van der Waals surface area contributed by atoms with Gasteiger partial charge in [0.25, 0.3) is 0 Å². The van der Waals surface area contributed by atoms with E-state index in [1.807, 2.05) is 54.6 Å². The molecule has 0 aliphatic heterocycles. The van der Waals surface area contributed by atoms with Gasteiger partial charge in [0, 0.05) is 18.7 Å². The van der Waals surface area contributed by atoms with Crippen LogP contribution >= 0.6 is 0 Å². The maximum atomic E-state index is 12.8. The lowest BCUT2D eigenvalue weighted by atomic mass is 10.0. The van der Waals surface area contributed by atoms with Gasteiger partial charge in [0.1, 0.15) is 18.9 Å². The minimum Gasteiger partial charge on any atom is -0.471 e. The lowest BCUT2D eigenvalue weighted by molar-refractivity contribution is -0.141. The Bertz CT molecular complexity index is 965. The first-order valence-corrected chi connectivity index (χ1v) is 8.97. The van der Waals surface area contributed by atoms with Crippen molar-refractivity contribution in [2.24, 2.45) is 12.2 Å². The molecule has 2 aromatic carbocycles. The van der Waals surface area contributed by atoms with E-state index in [0.29, 0.717) is 12.3 Å². The molecule has 0 aliphatic carbocycles. The molecule has 0 aliphatic rings. The third kappa shape index (κ3) is 5.16. The molecular formula is C21H20F3N3O2. The second-order valence-corrected chi connectivity index (χ2v) is 6.18. The summed E-state index contributed by atoms with van der Waals surface area (Å²) in [6, 6.07) is 18.4. The first-order chi connectivity index (χ1) is 13.9. The molecule has 0 saturated heterocycles. The van der Waals surface area contributed by atoms with Crippen LogP contribution in [0.1, 0.15) is 18.2 Å². The zero-order chi connectivity index (χ0) is 20.9. The molecule has 29 heavy (non-hydrogen) atoms. The number of oxime groups is 1. The van der Waals surface area contributed by atoms with Crippen molar-refractivity contribution in [1.29, 1.82) is 0 Å². The molecule has 3 aromatic rings. The van der Waals surface area contributed by atoms with Crippen molar-refractivity contribution in [2.75, 3.05) is 13.2 Å². The second-order valence-electron chi connectivity index (χ2n) is 6.18. The molecule has 8 heteroatoms. The van der Waals surface area contributed by atoms with Crippen LogP contribution in [0.2, 0.25) is 0 Å². The van der Waals surface area contributed by atoms with Crippen LogP contribution in [0.5, 0.6) is 5.88 Å². The van der Waals surface area contributed by atoms with E-state index in [4.69, 9.17) is 9.57 Å². The summed E-state index contributed by atoms with van der Waals surface area (Å²) in [7, 11) is 1.39. The summed E-state index contributed by atoms with van der Waals surface area (Å²) in [4.78, 5) is 5.15. The van der Waals surface area contributed by atoms with E-state index in [0.717, 1.165) is 27.4 Å². The molecule has 0 spiro atoms. The number of benzene rings is 2. The number of hydrogen-bond acceptors (Lipinski definition) is 4. The van der Waals surface area contributed by atoms with E-state index in [2.05, 4.69) is 10.3 Å². The van der Waals surface area contributed by atoms with Crippen LogP contribution < -0.4 is 4.74 Å². The molecule has 3 rings (SSSR count). The largest absolute Gasteiger partial charge is 0.471 e. The summed E-state index contributed by atoms with van der Waals surface area (Å²) in [5.41, 5.74) is 2.31. The van der Waals surface area contributed by atoms with Crippen molar-refractivity contribution in [3.63, 3.8) is 0 Å². The minimum atomic E-state index is -4.53. The molecule has 1 aromatic heterocycles. The Morgan fingerprint density at radius 3 is 2.28 bits per heavy atom. The van der Waals surface area contributed by atoms with Gasteiger partial charge in [-0.3, -0.25) is 0 Å². The topological polar surface area (TPSA) is 48.6 Å². The van der Waals surface area contributed by atoms with Gasteiger partial charge in [0.2, 0.25) is 5.88 Å². The highest BCUT2D eigenvalue weighted by molar-refractivity contribution is 6.01. The SMILES string of the molecule is CCON=C(COc1cc(C(F)(F)F)nn1C)c1ccc(-c2ccccc2)cc1. The van der Waals surface area contributed by atoms with E-state index in [1.165, 1.54) is 7.05 Å². The van der Waals surface area contributed by atoms with Crippen LogP contribution in [0.15, 0.2) is 65.8 Å². The standard InChI is InChI=1S/C21H20F3N3O2/c1-3-29-26-18(14-28-20-13-19(21(22,23)24)25-27(20)2)17-11-9-16(10-12-17)15-7-5-4-6-8-15/h4-13H,3,14H2,1-2H3. The number of aromatic nitrogens is 2. The van der Waals surface area contributed by atoms with E-state index < -0.39 is 11.9 Å². The summed E-state index contributed by atoms with van der Waals surface area (Å²) >= 11 is 0. The maximum absolute atomic E-state index is 12.8. The maximum Gasteiger partial charge on any atom is 0.435 e. The van der Waals surface area contributed by atoms with Crippen molar-refractivity contribution in [2.45, 2.75) is 13.1 Å². The number of ether oxygens (including phenoxy) is 1. The van der Waals surface area contributed by atoms with Gasteiger partial charge in [0.15, 0.2) is 5.69 Å². The third-order valence-corrected chi connectivity index (χ3v) is 4.11. The van der Waals surface area contributed by atoms with E-state index >= 15 is 0 Å². The molecule has 0 amide bonds. The van der Waals surface area contributed by atoms with Crippen molar-refractivity contribution in [1.82, 2.24) is 9.78 Å². The van der Waals surface area contributed by atoms with Crippen molar-refractivity contribution < 1.29 is 22.7 Å². The van der Waals surface area contributed by atoms with Gasteiger partial charge in [-0.05, 0) is 18.1 Å². The van der Waals surface area contributed by atoms with Gasteiger partial charge in [-0.25, -0.2) is 4.68 Å². The molecule has 152 valence electrons. The number of halogens is 3. The molecule has 0 fully saturated rings. The predicted molar refractivity (Wildman–Crippen MR) is 104 cm³/mol.